The van der Waals surface area contributed by atoms with Crippen molar-refractivity contribution in [3.63, 3.8) is 0 Å². The third-order valence-electron chi connectivity index (χ3n) is 2.79. The summed E-state index contributed by atoms with van der Waals surface area (Å²) in [5, 5.41) is 2.58. The standard InChI is InChI=1S/C14H25NO3/c1-9(2)6-12(11(5)16)7-13(17)8-15-14(18)10(3)4/h9-10,12H,6-8H2,1-5H3,(H,15,18). The van der Waals surface area contributed by atoms with Crippen molar-refractivity contribution in [3.8, 4) is 0 Å². The number of hydrogen-bond donors (Lipinski definition) is 1. The molecule has 0 saturated heterocycles. The van der Waals surface area contributed by atoms with Crippen LogP contribution in [-0.2, 0) is 14.4 Å². The quantitative estimate of drug-likeness (QED) is 0.721. The highest BCUT2D eigenvalue weighted by Crippen LogP contribution is 2.16. The van der Waals surface area contributed by atoms with Crippen molar-refractivity contribution in [2.24, 2.45) is 17.8 Å². The summed E-state index contributed by atoms with van der Waals surface area (Å²) in [4.78, 5) is 34.4. The van der Waals surface area contributed by atoms with Gasteiger partial charge >= 0.3 is 0 Å². The first-order valence-corrected chi connectivity index (χ1v) is 6.53. The fourth-order valence-corrected chi connectivity index (χ4v) is 1.70. The Morgan fingerprint density at radius 3 is 2.00 bits per heavy atom. The molecule has 4 heteroatoms. The average molecular weight is 255 g/mol. The van der Waals surface area contributed by atoms with Crippen molar-refractivity contribution < 1.29 is 14.4 Å². The lowest BCUT2D eigenvalue weighted by atomic mass is 9.89. The summed E-state index contributed by atoms with van der Waals surface area (Å²) in [5.41, 5.74) is 0. The first-order chi connectivity index (χ1) is 8.23. The summed E-state index contributed by atoms with van der Waals surface area (Å²) >= 11 is 0. The predicted molar refractivity (Wildman–Crippen MR) is 71.1 cm³/mol. The molecule has 0 bridgehead atoms. The Kier molecular flexibility index (Phi) is 7.48. The summed E-state index contributed by atoms with van der Waals surface area (Å²) in [5.74, 6) is -0.119. The first kappa shape index (κ1) is 16.8. The highest BCUT2D eigenvalue weighted by atomic mass is 16.2. The van der Waals surface area contributed by atoms with Crippen LogP contribution in [0.5, 0.6) is 0 Å². The van der Waals surface area contributed by atoms with Crippen molar-refractivity contribution in [2.75, 3.05) is 6.54 Å². The van der Waals surface area contributed by atoms with Crippen molar-refractivity contribution in [3.05, 3.63) is 0 Å². The summed E-state index contributed by atoms with van der Waals surface area (Å²) in [6.07, 6.45) is 0.949. The van der Waals surface area contributed by atoms with E-state index in [1.54, 1.807) is 13.8 Å². The lowest BCUT2D eigenvalue weighted by Crippen LogP contribution is -2.33. The van der Waals surface area contributed by atoms with Gasteiger partial charge in [-0.05, 0) is 19.3 Å². The molecule has 0 radical (unpaired) electrons. The molecule has 0 aromatic carbocycles. The van der Waals surface area contributed by atoms with Gasteiger partial charge in [0.2, 0.25) is 5.91 Å². The molecule has 0 aliphatic rings. The van der Waals surface area contributed by atoms with Crippen molar-refractivity contribution in [1.29, 1.82) is 0 Å². The van der Waals surface area contributed by atoms with Gasteiger partial charge in [-0.15, -0.1) is 0 Å². The van der Waals surface area contributed by atoms with E-state index in [-0.39, 0.29) is 42.3 Å². The molecule has 0 aromatic heterocycles. The maximum atomic E-state index is 11.7. The molecule has 104 valence electrons. The van der Waals surface area contributed by atoms with Gasteiger partial charge < -0.3 is 5.32 Å². The van der Waals surface area contributed by atoms with E-state index in [9.17, 15) is 14.4 Å². The fourth-order valence-electron chi connectivity index (χ4n) is 1.70. The van der Waals surface area contributed by atoms with Gasteiger partial charge in [-0.2, -0.15) is 0 Å². The van der Waals surface area contributed by atoms with Gasteiger partial charge in [-0.1, -0.05) is 27.7 Å². The molecule has 0 rings (SSSR count). The van der Waals surface area contributed by atoms with Crippen LogP contribution in [0.4, 0.5) is 0 Å². The van der Waals surface area contributed by atoms with Crippen LogP contribution in [0.2, 0.25) is 0 Å². The molecule has 0 heterocycles. The molecule has 0 saturated carbocycles. The van der Waals surface area contributed by atoms with Gasteiger partial charge in [0.25, 0.3) is 0 Å². The molecule has 0 aliphatic heterocycles. The summed E-state index contributed by atoms with van der Waals surface area (Å²) in [6, 6.07) is 0. The Bertz CT molecular complexity index is 308. The normalized spacial score (nSPS) is 12.6. The maximum Gasteiger partial charge on any atom is 0.222 e. The van der Waals surface area contributed by atoms with E-state index >= 15 is 0 Å². The van der Waals surface area contributed by atoms with Crippen LogP contribution >= 0.6 is 0 Å². The lowest BCUT2D eigenvalue weighted by molar-refractivity contribution is -0.129. The second-order valence-electron chi connectivity index (χ2n) is 5.55. The average Bonchev–Trinajstić information content (AvgIpc) is 2.23. The maximum absolute atomic E-state index is 11.7. The molecule has 1 atom stereocenters. The van der Waals surface area contributed by atoms with Crippen molar-refractivity contribution >= 4 is 17.5 Å². The van der Waals surface area contributed by atoms with Crippen LogP contribution in [0.1, 0.15) is 47.5 Å². The topological polar surface area (TPSA) is 63.2 Å². The van der Waals surface area contributed by atoms with Gasteiger partial charge in [0.1, 0.15) is 5.78 Å². The van der Waals surface area contributed by atoms with Gasteiger partial charge in [0.05, 0.1) is 6.54 Å². The molecule has 1 amide bonds. The van der Waals surface area contributed by atoms with Crippen LogP contribution in [0.25, 0.3) is 0 Å². The SMILES string of the molecule is CC(=O)C(CC(=O)CNC(=O)C(C)C)CC(C)C. The van der Waals surface area contributed by atoms with Crippen LogP contribution in [0.3, 0.4) is 0 Å². The van der Waals surface area contributed by atoms with E-state index in [0.29, 0.717) is 5.92 Å². The van der Waals surface area contributed by atoms with Crippen LogP contribution in [0.15, 0.2) is 0 Å². The zero-order valence-electron chi connectivity index (χ0n) is 12.1. The van der Waals surface area contributed by atoms with E-state index in [1.807, 2.05) is 13.8 Å². The number of carbonyl (C=O) groups is 3. The monoisotopic (exact) mass is 255 g/mol. The van der Waals surface area contributed by atoms with Gasteiger partial charge in [-0.25, -0.2) is 0 Å². The molecular formula is C14H25NO3. The fraction of sp³-hybridized carbons (Fsp3) is 0.786. The second kappa shape index (κ2) is 8.01. The van der Waals surface area contributed by atoms with Gasteiger partial charge in [0.15, 0.2) is 5.78 Å². The third kappa shape index (κ3) is 7.20. The molecule has 0 aromatic rings. The first-order valence-electron chi connectivity index (χ1n) is 6.53. The lowest BCUT2D eigenvalue weighted by Gasteiger charge is -2.15. The molecule has 4 nitrogen and oxygen atoms in total. The number of nitrogens with one attached hydrogen (secondary N) is 1. The second-order valence-corrected chi connectivity index (χ2v) is 5.55. The van der Waals surface area contributed by atoms with Crippen molar-refractivity contribution in [1.82, 2.24) is 5.32 Å². The molecular weight excluding hydrogens is 230 g/mol. The minimum absolute atomic E-state index is 0.0267. The largest absolute Gasteiger partial charge is 0.349 e. The molecule has 0 spiro atoms. The number of carbonyl (C=O) groups excluding carboxylic acids is 3. The van der Waals surface area contributed by atoms with Gasteiger partial charge in [-0.3, -0.25) is 14.4 Å². The molecule has 0 aliphatic carbocycles. The van der Waals surface area contributed by atoms with E-state index in [0.717, 1.165) is 6.42 Å². The molecule has 0 fully saturated rings. The smallest absolute Gasteiger partial charge is 0.222 e. The Labute approximate surface area is 110 Å². The zero-order valence-corrected chi connectivity index (χ0v) is 12.1. The highest BCUT2D eigenvalue weighted by Gasteiger charge is 2.20. The summed E-state index contributed by atoms with van der Waals surface area (Å²) in [6.45, 7) is 9.15. The molecule has 18 heavy (non-hydrogen) atoms. The van der Waals surface area contributed by atoms with E-state index in [2.05, 4.69) is 5.32 Å². The summed E-state index contributed by atoms with van der Waals surface area (Å²) < 4.78 is 0. The number of ketones is 2. The molecule has 1 unspecified atom stereocenters. The number of amides is 1. The Balaban J connectivity index is 4.18. The van der Waals surface area contributed by atoms with Crippen molar-refractivity contribution in [2.45, 2.75) is 47.5 Å². The number of rotatable bonds is 8. The van der Waals surface area contributed by atoms with Crippen LogP contribution in [0, 0.1) is 17.8 Å². The minimum atomic E-state index is -0.214. The Morgan fingerprint density at radius 1 is 1.06 bits per heavy atom. The van der Waals surface area contributed by atoms with Gasteiger partial charge in [0, 0.05) is 18.3 Å². The van der Waals surface area contributed by atoms with Crippen LogP contribution in [-0.4, -0.2) is 24.0 Å². The Hall–Kier alpha value is -1.19. The van der Waals surface area contributed by atoms with E-state index in [4.69, 9.17) is 0 Å². The predicted octanol–water partition coefficient (Wildman–Crippen LogP) is 1.97. The van der Waals surface area contributed by atoms with Crippen LogP contribution < -0.4 is 5.32 Å². The third-order valence-corrected chi connectivity index (χ3v) is 2.79. The molecule has 1 N–H and O–H groups in total. The number of Topliss-reactive ketones (excluding diaryl/α,β-unsaturated/α-hetero) is 2. The number of hydrogen-bond acceptors (Lipinski definition) is 3. The van der Waals surface area contributed by atoms with E-state index in [1.165, 1.54) is 6.92 Å². The summed E-state index contributed by atoms with van der Waals surface area (Å²) in [7, 11) is 0. The minimum Gasteiger partial charge on any atom is -0.349 e. The Morgan fingerprint density at radius 2 is 1.61 bits per heavy atom. The zero-order chi connectivity index (χ0) is 14.3. The van der Waals surface area contributed by atoms with E-state index < -0.39 is 0 Å². The highest BCUT2D eigenvalue weighted by molar-refractivity contribution is 5.90.